The van der Waals surface area contributed by atoms with Crippen molar-refractivity contribution in [3.8, 4) is 0 Å². The summed E-state index contributed by atoms with van der Waals surface area (Å²) in [5.41, 5.74) is 3.85. The fourth-order valence-electron chi connectivity index (χ4n) is 4.41. The molecule has 1 saturated heterocycles. The van der Waals surface area contributed by atoms with Gasteiger partial charge in [-0.05, 0) is 61.4 Å². The third-order valence-corrected chi connectivity index (χ3v) is 6.49. The topological polar surface area (TPSA) is 65.8 Å². The number of carbonyl (C=O) groups is 1. The van der Waals surface area contributed by atoms with Gasteiger partial charge in [0.05, 0.1) is 6.04 Å². The molecule has 1 saturated carbocycles. The van der Waals surface area contributed by atoms with Gasteiger partial charge in [0, 0.05) is 50.2 Å². The first kappa shape index (κ1) is 21.1. The number of benzene rings is 1. The molecule has 1 unspecified atom stereocenters. The molecule has 6 nitrogen and oxygen atoms in total. The Kier molecular flexibility index (Phi) is 5.98. The lowest BCUT2D eigenvalue weighted by molar-refractivity contribution is -0.126. The zero-order valence-corrected chi connectivity index (χ0v) is 18.5. The summed E-state index contributed by atoms with van der Waals surface area (Å²) in [4.78, 5) is 29.1. The van der Waals surface area contributed by atoms with Gasteiger partial charge in [-0.3, -0.25) is 14.6 Å². The molecule has 2 heterocycles. The number of aryl methyl sites for hydroxylation is 1. The van der Waals surface area contributed by atoms with E-state index >= 15 is 0 Å². The Morgan fingerprint density at radius 1 is 1.13 bits per heavy atom. The van der Waals surface area contributed by atoms with Crippen molar-refractivity contribution in [2.75, 3.05) is 26.2 Å². The Hall–Kier alpha value is -2.18. The zero-order valence-electron chi connectivity index (χ0n) is 18.5. The highest BCUT2D eigenvalue weighted by atomic mass is 16.4. The highest BCUT2D eigenvalue weighted by molar-refractivity contribution is 5.82. The minimum Gasteiger partial charge on any atom is -0.423 e. The van der Waals surface area contributed by atoms with Gasteiger partial charge in [0.1, 0.15) is 5.58 Å². The SMILES string of the molecule is Cc1cc2oc(=O)cc(CN3CCN(C(C)C(=O)NC4CC4)CC3)c2cc1C(C)C. The second-order valence-electron chi connectivity index (χ2n) is 9.22. The molecule has 2 aliphatic rings. The van der Waals surface area contributed by atoms with Crippen molar-refractivity contribution >= 4 is 16.9 Å². The van der Waals surface area contributed by atoms with Crippen LogP contribution in [0.4, 0.5) is 0 Å². The molecule has 6 heteroatoms. The van der Waals surface area contributed by atoms with Crippen LogP contribution in [0, 0.1) is 6.92 Å². The van der Waals surface area contributed by atoms with Crippen LogP contribution in [0.15, 0.2) is 27.4 Å². The van der Waals surface area contributed by atoms with Crippen LogP contribution in [-0.4, -0.2) is 54.0 Å². The number of rotatable bonds is 6. The molecule has 30 heavy (non-hydrogen) atoms. The summed E-state index contributed by atoms with van der Waals surface area (Å²) in [5, 5.41) is 4.14. The summed E-state index contributed by atoms with van der Waals surface area (Å²) in [6.07, 6.45) is 2.23. The average Bonchev–Trinajstić information content (AvgIpc) is 3.51. The van der Waals surface area contributed by atoms with Crippen LogP contribution in [0.1, 0.15) is 56.2 Å². The fraction of sp³-hybridized carbons (Fsp3) is 0.583. The average molecular weight is 412 g/mol. The summed E-state index contributed by atoms with van der Waals surface area (Å²) in [5.74, 6) is 0.565. The predicted molar refractivity (Wildman–Crippen MR) is 119 cm³/mol. The third kappa shape index (κ3) is 4.60. The van der Waals surface area contributed by atoms with Crippen molar-refractivity contribution in [3.05, 3.63) is 45.3 Å². The first-order valence-electron chi connectivity index (χ1n) is 11.2. The fourth-order valence-corrected chi connectivity index (χ4v) is 4.41. The summed E-state index contributed by atoms with van der Waals surface area (Å²) in [6, 6.07) is 6.13. The Morgan fingerprint density at radius 2 is 1.83 bits per heavy atom. The van der Waals surface area contributed by atoms with E-state index in [2.05, 4.69) is 42.0 Å². The quantitative estimate of drug-likeness (QED) is 0.741. The van der Waals surface area contributed by atoms with Crippen LogP contribution >= 0.6 is 0 Å². The predicted octanol–water partition coefficient (Wildman–Crippen LogP) is 3.01. The van der Waals surface area contributed by atoms with Gasteiger partial charge in [-0.25, -0.2) is 4.79 Å². The summed E-state index contributed by atoms with van der Waals surface area (Å²) < 4.78 is 5.49. The standard InChI is InChI=1S/C24H33N3O3/c1-15(2)20-13-21-18(12-23(28)30-22(21)11-16(20)3)14-26-7-9-27(10-8-26)17(4)24(29)25-19-5-6-19/h11-13,15,17,19H,5-10,14H2,1-4H3,(H,25,29). The van der Waals surface area contributed by atoms with Gasteiger partial charge in [0.2, 0.25) is 5.91 Å². The van der Waals surface area contributed by atoms with E-state index in [1.54, 1.807) is 6.07 Å². The van der Waals surface area contributed by atoms with Gasteiger partial charge in [0.15, 0.2) is 0 Å². The molecule has 1 aromatic carbocycles. The molecule has 1 N–H and O–H groups in total. The van der Waals surface area contributed by atoms with Crippen LogP contribution in [-0.2, 0) is 11.3 Å². The maximum absolute atomic E-state index is 12.4. The van der Waals surface area contributed by atoms with E-state index in [0.717, 1.165) is 62.1 Å². The van der Waals surface area contributed by atoms with E-state index in [-0.39, 0.29) is 17.6 Å². The maximum Gasteiger partial charge on any atom is 0.336 e. The van der Waals surface area contributed by atoms with Crippen molar-refractivity contribution in [1.82, 2.24) is 15.1 Å². The molecule has 1 amide bonds. The maximum atomic E-state index is 12.4. The summed E-state index contributed by atoms with van der Waals surface area (Å²) in [7, 11) is 0. The number of hydrogen-bond acceptors (Lipinski definition) is 5. The Labute approximate surface area is 178 Å². The van der Waals surface area contributed by atoms with E-state index < -0.39 is 0 Å². The molecule has 1 aliphatic heterocycles. The number of nitrogens with zero attached hydrogens (tertiary/aromatic N) is 2. The van der Waals surface area contributed by atoms with Crippen molar-refractivity contribution in [2.45, 2.75) is 65.1 Å². The number of piperazine rings is 1. The lowest BCUT2D eigenvalue weighted by Crippen LogP contribution is -2.53. The molecule has 1 aliphatic carbocycles. The Balaban J connectivity index is 1.46. The number of nitrogens with one attached hydrogen (secondary N) is 1. The zero-order chi connectivity index (χ0) is 21.4. The van der Waals surface area contributed by atoms with Gasteiger partial charge in [-0.15, -0.1) is 0 Å². The molecule has 4 rings (SSSR count). The third-order valence-electron chi connectivity index (χ3n) is 6.49. The van der Waals surface area contributed by atoms with E-state index in [1.807, 2.05) is 13.0 Å². The first-order valence-corrected chi connectivity index (χ1v) is 11.2. The Morgan fingerprint density at radius 3 is 2.47 bits per heavy atom. The number of hydrogen-bond donors (Lipinski definition) is 1. The molecule has 1 aromatic heterocycles. The van der Waals surface area contributed by atoms with Crippen molar-refractivity contribution in [2.24, 2.45) is 0 Å². The van der Waals surface area contributed by atoms with Crippen LogP contribution in [0.5, 0.6) is 0 Å². The van der Waals surface area contributed by atoms with Gasteiger partial charge in [-0.1, -0.05) is 13.8 Å². The molecule has 2 fully saturated rings. The molecular weight excluding hydrogens is 378 g/mol. The molecule has 2 aromatic rings. The molecule has 0 bridgehead atoms. The van der Waals surface area contributed by atoms with E-state index in [1.165, 1.54) is 5.56 Å². The first-order chi connectivity index (χ1) is 14.3. The van der Waals surface area contributed by atoms with Gasteiger partial charge >= 0.3 is 5.63 Å². The van der Waals surface area contributed by atoms with Crippen LogP contribution in [0.2, 0.25) is 0 Å². The summed E-state index contributed by atoms with van der Waals surface area (Å²) in [6.45, 7) is 12.6. The highest BCUT2D eigenvalue weighted by Crippen LogP contribution is 2.27. The lowest BCUT2D eigenvalue weighted by Gasteiger charge is -2.37. The van der Waals surface area contributed by atoms with E-state index in [4.69, 9.17) is 4.42 Å². The van der Waals surface area contributed by atoms with Crippen molar-refractivity contribution < 1.29 is 9.21 Å². The monoisotopic (exact) mass is 411 g/mol. The highest BCUT2D eigenvalue weighted by Gasteiger charge is 2.30. The van der Waals surface area contributed by atoms with Gasteiger partial charge in [-0.2, -0.15) is 0 Å². The molecule has 1 atom stereocenters. The lowest BCUT2D eigenvalue weighted by atomic mass is 9.95. The van der Waals surface area contributed by atoms with Gasteiger partial charge in [0.25, 0.3) is 0 Å². The number of carbonyl (C=O) groups excluding carboxylic acids is 1. The summed E-state index contributed by atoms with van der Waals surface area (Å²) >= 11 is 0. The molecule has 162 valence electrons. The second-order valence-corrected chi connectivity index (χ2v) is 9.22. The minimum absolute atomic E-state index is 0.0890. The minimum atomic E-state index is -0.293. The van der Waals surface area contributed by atoms with Crippen LogP contribution in [0.25, 0.3) is 11.0 Å². The Bertz CT molecular complexity index is 985. The van der Waals surface area contributed by atoms with E-state index in [0.29, 0.717) is 17.5 Å². The number of amides is 1. The van der Waals surface area contributed by atoms with Crippen molar-refractivity contribution in [1.29, 1.82) is 0 Å². The molecule has 0 spiro atoms. The van der Waals surface area contributed by atoms with E-state index in [9.17, 15) is 9.59 Å². The molecular formula is C24H33N3O3. The van der Waals surface area contributed by atoms with Crippen LogP contribution < -0.4 is 10.9 Å². The normalized spacial score (nSPS) is 19.4. The largest absolute Gasteiger partial charge is 0.423 e. The van der Waals surface area contributed by atoms with Gasteiger partial charge < -0.3 is 9.73 Å². The van der Waals surface area contributed by atoms with Crippen molar-refractivity contribution in [3.63, 3.8) is 0 Å². The smallest absolute Gasteiger partial charge is 0.336 e. The number of fused-ring (bicyclic) bond motifs is 1. The van der Waals surface area contributed by atoms with Crippen LogP contribution in [0.3, 0.4) is 0 Å². The second kappa shape index (κ2) is 8.52. The molecule has 0 radical (unpaired) electrons.